The molecule has 2 aromatic rings. The van der Waals surface area contributed by atoms with Crippen molar-refractivity contribution in [1.82, 2.24) is 5.32 Å². The van der Waals surface area contributed by atoms with E-state index in [1.165, 1.54) is 5.56 Å². The Morgan fingerprint density at radius 3 is 2.24 bits per heavy atom. The molecule has 0 fully saturated rings. The van der Waals surface area contributed by atoms with E-state index >= 15 is 0 Å². The standard InChI is InChI=1S/C18H22N2O/c19-17(12-11-15-7-3-1-4-8-15)13-14-20-18(21)16-9-5-2-6-10-16/h1-10,17H,11-14,19H2,(H,20,21)/t17-/m0/s1. The van der Waals surface area contributed by atoms with Crippen LogP contribution in [0.5, 0.6) is 0 Å². The Balaban J connectivity index is 1.65. The van der Waals surface area contributed by atoms with Crippen LogP contribution in [0.3, 0.4) is 0 Å². The molecule has 110 valence electrons. The topological polar surface area (TPSA) is 55.1 Å². The summed E-state index contributed by atoms with van der Waals surface area (Å²) in [4.78, 5) is 11.9. The average Bonchev–Trinajstić information content (AvgIpc) is 2.54. The molecule has 0 aliphatic carbocycles. The molecule has 2 aromatic carbocycles. The van der Waals surface area contributed by atoms with Gasteiger partial charge in [0.25, 0.3) is 5.91 Å². The summed E-state index contributed by atoms with van der Waals surface area (Å²) in [7, 11) is 0. The second kappa shape index (κ2) is 8.22. The maximum absolute atomic E-state index is 11.9. The first-order chi connectivity index (χ1) is 10.3. The lowest BCUT2D eigenvalue weighted by molar-refractivity contribution is 0.0952. The summed E-state index contributed by atoms with van der Waals surface area (Å²) < 4.78 is 0. The third-order valence-electron chi connectivity index (χ3n) is 3.48. The molecule has 0 heterocycles. The molecule has 0 aromatic heterocycles. The van der Waals surface area contributed by atoms with Gasteiger partial charge in [-0.2, -0.15) is 0 Å². The Kier molecular flexibility index (Phi) is 5.98. The first-order valence-electron chi connectivity index (χ1n) is 7.38. The maximum Gasteiger partial charge on any atom is 0.251 e. The highest BCUT2D eigenvalue weighted by molar-refractivity contribution is 5.94. The summed E-state index contributed by atoms with van der Waals surface area (Å²) in [5.74, 6) is -0.0362. The van der Waals surface area contributed by atoms with Gasteiger partial charge in [-0.1, -0.05) is 48.5 Å². The summed E-state index contributed by atoms with van der Waals surface area (Å²) in [6.07, 6.45) is 2.71. The molecule has 1 atom stereocenters. The van der Waals surface area contributed by atoms with Crippen LogP contribution in [0.15, 0.2) is 60.7 Å². The lowest BCUT2D eigenvalue weighted by Gasteiger charge is -2.12. The van der Waals surface area contributed by atoms with Crippen molar-refractivity contribution >= 4 is 5.91 Å². The van der Waals surface area contributed by atoms with E-state index in [0.717, 1.165) is 19.3 Å². The first kappa shape index (κ1) is 15.3. The van der Waals surface area contributed by atoms with E-state index in [0.29, 0.717) is 12.1 Å². The van der Waals surface area contributed by atoms with Gasteiger partial charge in [0.05, 0.1) is 0 Å². The SMILES string of the molecule is N[C@H](CCNC(=O)c1ccccc1)CCc1ccccc1. The van der Waals surface area contributed by atoms with Gasteiger partial charge in [0.15, 0.2) is 0 Å². The zero-order valence-electron chi connectivity index (χ0n) is 12.2. The molecule has 0 saturated heterocycles. The number of amides is 1. The average molecular weight is 282 g/mol. The molecular formula is C18H22N2O. The van der Waals surface area contributed by atoms with Crippen molar-refractivity contribution in [3.63, 3.8) is 0 Å². The van der Waals surface area contributed by atoms with Crippen molar-refractivity contribution < 1.29 is 4.79 Å². The molecular weight excluding hydrogens is 260 g/mol. The largest absolute Gasteiger partial charge is 0.352 e. The fraction of sp³-hybridized carbons (Fsp3) is 0.278. The highest BCUT2D eigenvalue weighted by Gasteiger charge is 2.06. The van der Waals surface area contributed by atoms with Crippen LogP contribution >= 0.6 is 0 Å². The van der Waals surface area contributed by atoms with E-state index in [4.69, 9.17) is 5.73 Å². The number of benzene rings is 2. The van der Waals surface area contributed by atoms with E-state index in [-0.39, 0.29) is 11.9 Å². The third kappa shape index (κ3) is 5.40. The summed E-state index contributed by atoms with van der Waals surface area (Å²) in [5, 5.41) is 2.91. The van der Waals surface area contributed by atoms with Crippen molar-refractivity contribution in [1.29, 1.82) is 0 Å². The summed E-state index contributed by atoms with van der Waals surface area (Å²) >= 11 is 0. The van der Waals surface area contributed by atoms with Crippen LogP contribution in [-0.4, -0.2) is 18.5 Å². The molecule has 0 saturated carbocycles. The van der Waals surface area contributed by atoms with Crippen LogP contribution in [-0.2, 0) is 6.42 Å². The number of hydrogen-bond donors (Lipinski definition) is 2. The van der Waals surface area contributed by atoms with Crippen LogP contribution < -0.4 is 11.1 Å². The lowest BCUT2D eigenvalue weighted by atomic mass is 10.0. The maximum atomic E-state index is 11.9. The first-order valence-corrected chi connectivity index (χ1v) is 7.38. The van der Waals surface area contributed by atoms with Gasteiger partial charge >= 0.3 is 0 Å². The van der Waals surface area contributed by atoms with Crippen LogP contribution in [0.4, 0.5) is 0 Å². The van der Waals surface area contributed by atoms with E-state index in [2.05, 4.69) is 17.4 Å². The van der Waals surface area contributed by atoms with Gasteiger partial charge in [-0.3, -0.25) is 4.79 Å². The van der Waals surface area contributed by atoms with Crippen molar-refractivity contribution in [3.8, 4) is 0 Å². The van der Waals surface area contributed by atoms with Crippen LogP contribution in [0.1, 0.15) is 28.8 Å². The predicted molar refractivity (Wildman–Crippen MR) is 86.1 cm³/mol. The number of carbonyl (C=O) groups excluding carboxylic acids is 1. The fourth-order valence-corrected chi connectivity index (χ4v) is 2.20. The van der Waals surface area contributed by atoms with Crippen molar-refractivity contribution in [3.05, 3.63) is 71.8 Å². The zero-order chi connectivity index (χ0) is 14.9. The smallest absolute Gasteiger partial charge is 0.251 e. The van der Waals surface area contributed by atoms with Gasteiger partial charge in [-0.25, -0.2) is 0 Å². The number of aryl methyl sites for hydroxylation is 1. The van der Waals surface area contributed by atoms with Crippen LogP contribution in [0.25, 0.3) is 0 Å². The van der Waals surface area contributed by atoms with E-state index < -0.39 is 0 Å². The Bertz CT molecular complexity index is 540. The normalized spacial score (nSPS) is 11.9. The molecule has 3 nitrogen and oxygen atoms in total. The number of nitrogens with one attached hydrogen (secondary N) is 1. The molecule has 1 amide bonds. The quantitative estimate of drug-likeness (QED) is 0.820. The Morgan fingerprint density at radius 1 is 0.952 bits per heavy atom. The Hall–Kier alpha value is -2.13. The number of rotatable bonds is 7. The second-order valence-electron chi connectivity index (χ2n) is 5.19. The molecule has 2 rings (SSSR count). The zero-order valence-corrected chi connectivity index (χ0v) is 12.2. The molecule has 3 N–H and O–H groups in total. The molecule has 3 heteroatoms. The van der Waals surface area contributed by atoms with Crippen LogP contribution in [0.2, 0.25) is 0 Å². The van der Waals surface area contributed by atoms with Gasteiger partial charge in [-0.05, 0) is 37.0 Å². The molecule has 21 heavy (non-hydrogen) atoms. The van der Waals surface area contributed by atoms with E-state index in [1.54, 1.807) is 0 Å². The number of hydrogen-bond acceptors (Lipinski definition) is 2. The predicted octanol–water partition coefficient (Wildman–Crippen LogP) is 2.77. The Morgan fingerprint density at radius 2 is 1.57 bits per heavy atom. The van der Waals surface area contributed by atoms with Gasteiger partial charge in [0, 0.05) is 18.2 Å². The third-order valence-corrected chi connectivity index (χ3v) is 3.48. The monoisotopic (exact) mass is 282 g/mol. The molecule has 0 bridgehead atoms. The lowest BCUT2D eigenvalue weighted by Crippen LogP contribution is -2.30. The summed E-state index contributed by atoms with van der Waals surface area (Å²) in [6.45, 7) is 0.615. The molecule has 0 aliphatic rings. The minimum atomic E-state index is -0.0362. The molecule has 0 radical (unpaired) electrons. The van der Waals surface area contributed by atoms with Gasteiger partial charge < -0.3 is 11.1 Å². The van der Waals surface area contributed by atoms with Gasteiger partial charge in [-0.15, -0.1) is 0 Å². The van der Waals surface area contributed by atoms with E-state index in [1.807, 2.05) is 48.5 Å². The minimum absolute atomic E-state index is 0.0362. The molecule has 0 aliphatic heterocycles. The van der Waals surface area contributed by atoms with Crippen LogP contribution in [0, 0.1) is 0 Å². The highest BCUT2D eigenvalue weighted by atomic mass is 16.1. The summed E-state index contributed by atoms with van der Waals surface area (Å²) in [5.41, 5.74) is 8.09. The Labute approximate surface area is 126 Å². The molecule has 0 unspecified atom stereocenters. The molecule has 0 spiro atoms. The number of carbonyl (C=O) groups is 1. The van der Waals surface area contributed by atoms with Crippen molar-refractivity contribution in [2.45, 2.75) is 25.3 Å². The fourth-order valence-electron chi connectivity index (χ4n) is 2.20. The van der Waals surface area contributed by atoms with Crippen molar-refractivity contribution in [2.75, 3.05) is 6.54 Å². The highest BCUT2D eigenvalue weighted by Crippen LogP contribution is 2.05. The van der Waals surface area contributed by atoms with Gasteiger partial charge in [0.2, 0.25) is 0 Å². The van der Waals surface area contributed by atoms with Gasteiger partial charge in [0.1, 0.15) is 0 Å². The second-order valence-corrected chi connectivity index (χ2v) is 5.19. The minimum Gasteiger partial charge on any atom is -0.352 e. The summed E-state index contributed by atoms with van der Waals surface area (Å²) in [6, 6.07) is 19.7. The number of nitrogens with two attached hydrogens (primary N) is 1. The van der Waals surface area contributed by atoms with Crippen molar-refractivity contribution in [2.24, 2.45) is 5.73 Å². The van der Waals surface area contributed by atoms with E-state index in [9.17, 15) is 4.79 Å².